The van der Waals surface area contributed by atoms with Crippen LogP contribution in [0.4, 0.5) is 31.5 Å². The van der Waals surface area contributed by atoms with Gasteiger partial charge >= 0.3 is 0 Å². The number of carbonyl (C=O) groups excluding carboxylic acids is 1. The van der Waals surface area contributed by atoms with Crippen molar-refractivity contribution in [3.8, 4) is 0 Å². The van der Waals surface area contributed by atoms with E-state index in [4.69, 9.17) is 5.41 Å². The van der Waals surface area contributed by atoms with Gasteiger partial charge in [0.05, 0.1) is 29.0 Å². The lowest BCUT2D eigenvalue weighted by Crippen LogP contribution is -2.27. The van der Waals surface area contributed by atoms with E-state index in [1.807, 2.05) is 41.1 Å². The molecule has 3 aliphatic heterocycles. The highest BCUT2D eigenvalue weighted by Gasteiger charge is 2.51. The quantitative estimate of drug-likeness (QED) is 0.476. The third-order valence-corrected chi connectivity index (χ3v) is 6.65. The number of benzene rings is 2. The smallest absolute Gasteiger partial charge is 0.264 e. The van der Waals surface area contributed by atoms with Crippen LogP contribution in [0.1, 0.15) is 36.0 Å². The Bertz CT molecular complexity index is 1150. The molecule has 8 heteroatoms. The fraction of sp³-hybridized carbons (Fsp3) is 0.333. The van der Waals surface area contributed by atoms with Crippen molar-refractivity contribution >= 4 is 34.9 Å². The number of nitrogens with zero attached hydrogens (tertiary/aromatic N) is 2. The molecule has 3 aliphatic rings. The van der Waals surface area contributed by atoms with E-state index in [1.165, 1.54) is 6.21 Å². The van der Waals surface area contributed by atoms with Gasteiger partial charge < -0.3 is 20.9 Å². The highest BCUT2D eigenvalue weighted by Crippen LogP contribution is 2.48. The maximum absolute atomic E-state index is 14.2. The molecule has 1 fully saturated rings. The third kappa shape index (κ3) is 3.17. The molecule has 5 rings (SSSR count). The second-order valence-electron chi connectivity index (χ2n) is 8.70. The molecule has 0 aliphatic carbocycles. The first kappa shape index (κ1) is 20.6. The number of fused-ring (bicyclic) bond motifs is 2. The molecular weight excluding hydrogens is 412 g/mol. The summed E-state index contributed by atoms with van der Waals surface area (Å²) in [7, 11) is 1.85. The van der Waals surface area contributed by atoms with Gasteiger partial charge in [-0.25, -0.2) is 8.78 Å². The standard InChI is InChI=1S/C24H25F2N5O/c1-14-9-21(32)29-18-6-3-7-19(22(18)28-14)31-8-4-5-15-10-17(24(12-27)13-30(24)2)16(23(25)26)11-20(15)31/h3,6-7,10-12,23,27-28H,1,4-5,8-9,13H2,2H3,(H,29,32). The highest BCUT2D eigenvalue weighted by atomic mass is 19.3. The normalized spacial score (nSPS) is 24.2. The first-order valence-corrected chi connectivity index (χ1v) is 10.7. The highest BCUT2D eigenvalue weighted by molar-refractivity contribution is 6.01. The SMILES string of the molecule is C=C1CC(=O)Nc2cccc(N3CCCc4cc(C5(C=N)CN5C)c(C(F)F)cc43)c2N1. The third-order valence-electron chi connectivity index (χ3n) is 6.65. The Morgan fingerprint density at radius 1 is 1.25 bits per heavy atom. The number of nitrogens with one attached hydrogen (secondary N) is 3. The number of carbonyl (C=O) groups is 1. The zero-order valence-electron chi connectivity index (χ0n) is 17.8. The van der Waals surface area contributed by atoms with Crippen molar-refractivity contribution in [2.75, 3.05) is 35.7 Å². The molecule has 166 valence electrons. The number of para-hydroxylation sites is 1. The molecule has 0 bridgehead atoms. The largest absolute Gasteiger partial charge is 0.356 e. The average molecular weight is 437 g/mol. The summed E-state index contributed by atoms with van der Waals surface area (Å²) in [5.74, 6) is -0.146. The molecule has 32 heavy (non-hydrogen) atoms. The van der Waals surface area contributed by atoms with Crippen molar-refractivity contribution in [1.29, 1.82) is 5.41 Å². The summed E-state index contributed by atoms with van der Waals surface area (Å²) in [5, 5.41) is 14.0. The van der Waals surface area contributed by atoms with E-state index in [2.05, 4.69) is 17.2 Å². The van der Waals surface area contributed by atoms with Gasteiger partial charge in [-0.05, 0) is 49.2 Å². The van der Waals surface area contributed by atoms with Gasteiger partial charge in [-0.2, -0.15) is 0 Å². The number of hydrogen-bond donors (Lipinski definition) is 3. The minimum absolute atomic E-state index is 0.0313. The van der Waals surface area contributed by atoms with Crippen LogP contribution in [0.3, 0.4) is 0 Å². The molecule has 2 aromatic rings. The van der Waals surface area contributed by atoms with E-state index in [0.717, 1.165) is 35.5 Å². The molecule has 6 nitrogen and oxygen atoms in total. The number of likely N-dealkylation sites (N-methyl/N-ethyl adjacent to an activating group) is 1. The van der Waals surface area contributed by atoms with Crippen molar-refractivity contribution in [1.82, 2.24) is 4.90 Å². The van der Waals surface area contributed by atoms with Gasteiger partial charge in [0.2, 0.25) is 5.91 Å². The van der Waals surface area contributed by atoms with E-state index >= 15 is 0 Å². The Kier molecular flexibility index (Phi) is 4.78. The van der Waals surface area contributed by atoms with Gasteiger partial charge in [0.1, 0.15) is 0 Å². The maximum atomic E-state index is 14.2. The molecule has 2 unspecified atom stereocenters. The summed E-state index contributed by atoms with van der Waals surface area (Å²) in [6.07, 6.45) is 0.450. The lowest BCUT2D eigenvalue weighted by atomic mass is 9.88. The topological polar surface area (TPSA) is 71.2 Å². The van der Waals surface area contributed by atoms with Gasteiger partial charge in [-0.15, -0.1) is 0 Å². The van der Waals surface area contributed by atoms with Gasteiger partial charge in [0.25, 0.3) is 6.43 Å². The first-order chi connectivity index (χ1) is 15.3. The Morgan fingerprint density at radius 3 is 2.72 bits per heavy atom. The van der Waals surface area contributed by atoms with Crippen LogP contribution in [-0.2, 0) is 16.8 Å². The second kappa shape index (κ2) is 7.41. The molecule has 1 saturated heterocycles. The Hall–Kier alpha value is -3.26. The average Bonchev–Trinajstić information content (AvgIpc) is 3.46. The number of amides is 1. The summed E-state index contributed by atoms with van der Waals surface area (Å²) < 4.78 is 28.4. The molecule has 3 N–H and O–H groups in total. The zero-order valence-corrected chi connectivity index (χ0v) is 17.8. The summed E-state index contributed by atoms with van der Waals surface area (Å²) in [5.41, 5.74) is 4.25. The van der Waals surface area contributed by atoms with Crippen LogP contribution in [0.15, 0.2) is 42.6 Å². The molecule has 2 atom stereocenters. The van der Waals surface area contributed by atoms with E-state index in [1.54, 1.807) is 6.07 Å². The molecule has 0 spiro atoms. The maximum Gasteiger partial charge on any atom is 0.264 e. The van der Waals surface area contributed by atoms with Crippen molar-refractivity contribution in [2.45, 2.75) is 31.2 Å². The van der Waals surface area contributed by atoms with Crippen LogP contribution >= 0.6 is 0 Å². The monoisotopic (exact) mass is 437 g/mol. The number of rotatable bonds is 4. The molecule has 1 amide bonds. The minimum Gasteiger partial charge on any atom is -0.356 e. The van der Waals surface area contributed by atoms with Gasteiger partial charge in [0.15, 0.2) is 0 Å². The van der Waals surface area contributed by atoms with Gasteiger partial charge in [-0.1, -0.05) is 18.7 Å². The molecular formula is C24H25F2N5O. The molecule has 2 aromatic carbocycles. The lowest BCUT2D eigenvalue weighted by molar-refractivity contribution is -0.115. The van der Waals surface area contributed by atoms with Crippen molar-refractivity contribution < 1.29 is 13.6 Å². The van der Waals surface area contributed by atoms with Crippen molar-refractivity contribution in [3.05, 3.63) is 59.3 Å². The van der Waals surface area contributed by atoms with Crippen LogP contribution in [-0.4, -0.2) is 37.2 Å². The van der Waals surface area contributed by atoms with E-state index in [9.17, 15) is 13.6 Å². The number of anilines is 4. The molecule has 3 heterocycles. The van der Waals surface area contributed by atoms with Crippen LogP contribution in [0.5, 0.6) is 0 Å². The van der Waals surface area contributed by atoms with Crippen LogP contribution in [0.25, 0.3) is 0 Å². The number of hydrogen-bond acceptors (Lipinski definition) is 5. The second-order valence-corrected chi connectivity index (χ2v) is 8.70. The summed E-state index contributed by atoms with van der Waals surface area (Å²) in [6.45, 7) is 5.17. The van der Waals surface area contributed by atoms with E-state index in [-0.39, 0.29) is 17.9 Å². The predicted molar refractivity (Wildman–Crippen MR) is 122 cm³/mol. The van der Waals surface area contributed by atoms with E-state index in [0.29, 0.717) is 30.0 Å². The van der Waals surface area contributed by atoms with Crippen LogP contribution in [0.2, 0.25) is 0 Å². The van der Waals surface area contributed by atoms with Crippen LogP contribution < -0.4 is 15.5 Å². The Morgan fingerprint density at radius 2 is 2.03 bits per heavy atom. The summed E-state index contributed by atoms with van der Waals surface area (Å²) in [6, 6.07) is 9.06. The minimum atomic E-state index is -2.64. The number of aryl methyl sites for hydroxylation is 1. The summed E-state index contributed by atoms with van der Waals surface area (Å²) >= 11 is 0. The Labute approximate surface area is 185 Å². The lowest BCUT2D eigenvalue weighted by Gasteiger charge is -2.34. The Balaban J connectivity index is 1.65. The van der Waals surface area contributed by atoms with Gasteiger partial charge in [0, 0.05) is 36.3 Å². The predicted octanol–water partition coefficient (Wildman–Crippen LogP) is 4.77. The first-order valence-electron chi connectivity index (χ1n) is 10.7. The molecule has 0 radical (unpaired) electrons. The fourth-order valence-corrected chi connectivity index (χ4v) is 4.91. The molecule has 0 saturated carbocycles. The summed E-state index contributed by atoms with van der Waals surface area (Å²) in [4.78, 5) is 16.1. The van der Waals surface area contributed by atoms with E-state index < -0.39 is 12.0 Å². The van der Waals surface area contributed by atoms with Crippen molar-refractivity contribution in [2.24, 2.45) is 0 Å². The number of alkyl halides is 2. The fourth-order valence-electron chi connectivity index (χ4n) is 4.91. The van der Waals surface area contributed by atoms with Gasteiger partial charge in [-0.3, -0.25) is 9.69 Å². The van der Waals surface area contributed by atoms with Crippen LogP contribution in [0, 0.1) is 5.41 Å². The zero-order chi connectivity index (χ0) is 22.6. The van der Waals surface area contributed by atoms with Crippen molar-refractivity contribution in [3.63, 3.8) is 0 Å². The number of halogens is 2. The molecule has 0 aromatic heterocycles.